The molecule has 0 aliphatic carbocycles. The predicted molar refractivity (Wildman–Crippen MR) is 40.3 cm³/mol. The maximum Gasteiger partial charge on any atom is 0.367 e. The summed E-state index contributed by atoms with van der Waals surface area (Å²) >= 11 is 1.61. The highest BCUT2D eigenvalue weighted by atomic mass is 127. The molecule has 0 radical (unpaired) electrons. The molecule has 0 fully saturated rings. The van der Waals surface area contributed by atoms with E-state index in [4.69, 9.17) is 4.74 Å². The lowest BCUT2D eigenvalue weighted by atomic mass is 10.2. The van der Waals surface area contributed by atoms with Crippen molar-refractivity contribution in [1.82, 2.24) is 0 Å². The van der Waals surface area contributed by atoms with Gasteiger partial charge in [-0.25, -0.2) is 4.79 Å². The van der Waals surface area contributed by atoms with E-state index < -0.39 is 0 Å². The van der Waals surface area contributed by atoms with E-state index >= 15 is 0 Å². The Balaban J connectivity index is 3.55. The first-order chi connectivity index (χ1) is 3.42. The molecule has 0 rings (SSSR count). The Morgan fingerprint density at radius 1 is 1.50 bits per heavy atom. The van der Waals surface area contributed by atoms with Crippen molar-refractivity contribution in [3.8, 4) is 0 Å². The van der Waals surface area contributed by atoms with Crippen molar-refractivity contribution in [2.45, 2.75) is 26.4 Å². The van der Waals surface area contributed by atoms with Crippen molar-refractivity contribution in [3.05, 3.63) is 0 Å². The largest absolute Gasteiger partial charge is 0.452 e. The second-order valence-corrected chi connectivity index (χ2v) is 3.33. The highest BCUT2D eigenvalue weighted by molar-refractivity contribution is 14.1. The van der Waals surface area contributed by atoms with Crippen LogP contribution in [0.3, 0.4) is 0 Å². The van der Waals surface area contributed by atoms with Crippen molar-refractivity contribution in [2.75, 3.05) is 0 Å². The van der Waals surface area contributed by atoms with Gasteiger partial charge in [0.15, 0.2) is 0 Å². The van der Waals surface area contributed by atoms with Crippen molar-refractivity contribution in [1.29, 1.82) is 0 Å². The molecule has 0 unspecified atom stereocenters. The number of hydrogen-bond donors (Lipinski definition) is 0. The molecule has 0 heterocycles. The van der Waals surface area contributed by atoms with Crippen LogP contribution in [0.5, 0.6) is 0 Å². The number of rotatable bonds is 0. The minimum absolute atomic E-state index is 0.255. The minimum Gasteiger partial charge on any atom is -0.452 e. The Kier molecular flexibility index (Phi) is 2.73. The summed E-state index contributed by atoms with van der Waals surface area (Å²) in [7, 11) is 0. The normalized spacial score (nSPS) is 11.0. The quantitative estimate of drug-likeness (QED) is 0.469. The van der Waals surface area contributed by atoms with Gasteiger partial charge in [0.25, 0.3) is 0 Å². The molecule has 0 aromatic carbocycles. The summed E-state index contributed by atoms with van der Waals surface area (Å²) in [4.78, 5) is 10.2. The van der Waals surface area contributed by atoms with Gasteiger partial charge in [-0.15, -0.1) is 0 Å². The van der Waals surface area contributed by atoms with Crippen molar-refractivity contribution in [3.63, 3.8) is 0 Å². The molecule has 0 aliphatic heterocycles. The summed E-state index contributed by atoms with van der Waals surface area (Å²) in [6, 6.07) is 0. The van der Waals surface area contributed by atoms with Gasteiger partial charge in [-0.1, -0.05) is 0 Å². The first-order valence-electron chi connectivity index (χ1n) is 2.30. The maximum absolute atomic E-state index is 10.2. The molecule has 0 atom stereocenters. The monoisotopic (exact) mass is 228 g/mol. The third-order valence-electron chi connectivity index (χ3n) is 0.386. The van der Waals surface area contributed by atoms with E-state index in [1.165, 1.54) is 0 Å². The maximum atomic E-state index is 10.2. The SMILES string of the molecule is CC(C)(C)OC(=O)I. The number of carbonyl (C=O) groups excluding carboxylic acids is 1. The Bertz CT molecular complexity index is 93.1. The Hall–Kier alpha value is 0.200. The van der Waals surface area contributed by atoms with Crippen molar-refractivity contribution < 1.29 is 9.53 Å². The van der Waals surface area contributed by atoms with Crippen LogP contribution in [0.25, 0.3) is 0 Å². The van der Waals surface area contributed by atoms with Gasteiger partial charge >= 0.3 is 3.98 Å². The van der Waals surface area contributed by atoms with E-state index in [9.17, 15) is 4.79 Å². The first-order valence-corrected chi connectivity index (χ1v) is 3.38. The zero-order valence-corrected chi connectivity index (χ0v) is 7.35. The lowest BCUT2D eigenvalue weighted by Gasteiger charge is -2.16. The molecule has 0 aromatic rings. The lowest BCUT2D eigenvalue weighted by molar-refractivity contribution is 0.0766. The predicted octanol–water partition coefficient (Wildman–Crippen LogP) is 2.36. The molecule has 0 N–H and O–H groups in total. The zero-order valence-electron chi connectivity index (χ0n) is 5.19. The average Bonchev–Trinajstić information content (AvgIpc) is 1.21. The van der Waals surface area contributed by atoms with Gasteiger partial charge in [0, 0.05) is 0 Å². The van der Waals surface area contributed by atoms with Crippen LogP contribution in [-0.2, 0) is 4.74 Å². The van der Waals surface area contributed by atoms with Gasteiger partial charge < -0.3 is 4.74 Å². The Morgan fingerprint density at radius 2 is 1.88 bits per heavy atom. The fraction of sp³-hybridized carbons (Fsp3) is 0.800. The molecular formula is C5H9IO2. The molecule has 0 aromatic heterocycles. The molecule has 0 bridgehead atoms. The molecular weight excluding hydrogens is 219 g/mol. The summed E-state index contributed by atoms with van der Waals surface area (Å²) < 4.78 is 4.53. The smallest absolute Gasteiger partial charge is 0.367 e. The van der Waals surface area contributed by atoms with E-state index in [1.807, 2.05) is 20.8 Å². The summed E-state index contributed by atoms with van der Waals surface area (Å²) in [5.41, 5.74) is -0.335. The van der Waals surface area contributed by atoms with Crippen molar-refractivity contribution in [2.24, 2.45) is 0 Å². The molecule has 8 heavy (non-hydrogen) atoms. The fourth-order valence-corrected chi connectivity index (χ4v) is 0.901. The first kappa shape index (κ1) is 8.20. The van der Waals surface area contributed by atoms with Crippen LogP contribution in [0.4, 0.5) is 4.79 Å². The lowest BCUT2D eigenvalue weighted by Crippen LogP contribution is -2.19. The average molecular weight is 228 g/mol. The van der Waals surface area contributed by atoms with Crippen LogP contribution < -0.4 is 0 Å². The van der Waals surface area contributed by atoms with Crippen LogP contribution in [-0.4, -0.2) is 9.58 Å². The number of halogens is 1. The van der Waals surface area contributed by atoms with Crippen LogP contribution in [0.2, 0.25) is 0 Å². The second-order valence-electron chi connectivity index (χ2n) is 2.45. The third-order valence-corrected chi connectivity index (χ3v) is 0.607. The molecule has 0 saturated carbocycles. The van der Waals surface area contributed by atoms with E-state index in [0.29, 0.717) is 0 Å². The fourth-order valence-electron chi connectivity index (χ4n) is 0.241. The number of carbonyl (C=O) groups is 1. The summed E-state index contributed by atoms with van der Waals surface area (Å²) in [6.45, 7) is 5.51. The molecule has 0 aliphatic rings. The van der Waals surface area contributed by atoms with E-state index in [2.05, 4.69) is 0 Å². The minimum atomic E-state index is -0.335. The zero-order chi connectivity index (χ0) is 6.78. The molecule has 48 valence electrons. The molecule has 2 nitrogen and oxygen atoms in total. The van der Waals surface area contributed by atoms with Gasteiger partial charge in [0.1, 0.15) is 5.60 Å². The van der Waals surface area contributed by atoms with Gasteiger partial charge in [-0.3, -0.25) is 0 Å². The summed E-state index contributed by atoms with van der Waals surface area (Å²) in [5.74, 6) is 0. The van der Waals surface area contributed by atoms with Gasteiger partial charge in [-0.2, -0.15) is 0 Å². The number of ether oxygens (including phenoxy) is 1. The van der Waals surface area contributed by atoms with Crippen LogP contribution >= 0.6 is 22.6 Å². The van der Waals surface area contributed by atoms with E-state index in [-0.39, 0.29) is 9.58 Å². The van der Waals surface area contributed by atoms with Crippen LogP contribution in [0.15, 0.2) is 0 Å². The molecule has 0 amide bonds. The van der Waals surface area contributed by atoms with E-state index in [0.717, 1.165) is 0 Å². The third kappa shape index (κ3) is 6.20. The summed E-state index contributed by atoms with van der Waals surface area (Å²) in [6.07, 6.45) is 0. The van der Waals surface area contributed by atoms with Crippen LogP contribution in [0, 0.1) is 0 Å². The van der Waals surface area contributed by atoms with E-state index in [1.54, 1.807) is 22.6 Å². The molecule has 0 spiro atoms. The molecule has 3 heteroatoms. The molecule has 0 saturated heterocycles. The standard InChI is InChI=1S/C5H9IO2/c1-5(2,3)8-4(6)7/h1-3H3. The Labute approximate surface area is 62.7 Å². The van der Waals surface area contributed by atoms with Crippen molar-refractivity contribution >= 4 is 26.6 Å². The van der Waals surface area contributed by atoms with Crippen LogP contribution in [0.1, 0.15) is 20.8 Å². The van der Waals surface area contributed by atoms with Gasteiger partial charge in [-0.05, 0) is 20.8 Å². The van der Waals surface area contributed by atoms with Gasteiger partial charge in [0.05, 0.1) is 22.6 Å². The number of hydrogen-bond acceptors (Lipinski definition) is 2. The highest BCUT2D eigenvalue weighted by Crippen LogP contribution is 2.09. The topological polar surface area (TPSA) is 26.3 Å². The summed E-state index contributed by atoms with van der Waals surface area (Å²) in [5, 5.41) is 0. The second kappa shape index (κ2) is 2.66. The highest BCUT2D eigenvalue weighted by Gasteiger charge is 2.12. The Morgan fingerprint density at radius 3 is 1.88 bits per heavy atom. The van der Waals surface area contributed by atoms with Gasteiger partial charge in [0.2, 0.25) is 0 Å².